The Bertz CT molecular complexity index is 970. The second kappa shape index (κ2) is 5.13. The average Bonchev–Trinajstić information content (AvgIpc) is 3.10. The van der Waals surface area contributed by atoms with Crippen molar-refractivity contribution in [1.82, 2.24) is 9.97 Å². The molecule has 0 atom stereocenters. The van der Waals surface area contributed by atoms with Gasteiger partial charge in [-0.2, -0.15) is 0 Å². The van der Waals surface area contributed by atoms with Crippen LogP contribution in [0.5, 0.6) is 5.75 Å². The second-order valence-electron chi connectivity index (χ2n) is 5.83. The van der Waals surface area contributed by atoms with Crippen LogP contribution in [0.3, 0.4) is 0 Å². The Balaban J connectivity index is 1.73. The van der Waals surface area contributed by atoms with Gasteiger partial charge in [0.2, 0.25) is 0 Å². The Labute approximate surface area is 138 Å². The first-order valence-electron chi connectivity index (χ1n) is 7.58. The van der Waals surface area contributed by atoms with Crippen LogP contribution in [0.4, 0.5) is 5.69 Å². The summed E-state index contributed by atoms with van der Waals surface area (Å²) in [6, 6.07) is 12.8. The minimum Gasteiger partial charge on any atom is -0.509 e. The average molecular weight is 320 g/mol. The number of aliphatic hydroxyl groups excluding tert-OH is 1. The van der Waals surface area contributed by atoms with Crippen LogP contribution in [0.2, 0.25) is 0 Å². The van der Waals surface area contributed by atoms with Crippen LogP contribution in [-0.4, -0.2) is 32.6 Å². The van der Waals surface area contributed by atoms with Gasteiger partial charge in [-0.25, -0.2) is 4.98 Å². The van der Waals surface area contributed by atoms with Gasteiger partial charge in [0.1, 0.15) is 23.2 Å². The molecule has 0 saturated carbocycles. The first kappa shape index (κ1) is 14.3. The number of rotatable bonds is 2. The normalized spacial score (nSPS) is 14.9. The number of aromatic hydroxyl groups is 1. The lowest BCUT2D eigenvalue weighted by atomic mass is 10.2. The Kier molecular flexibility index (Phi) is 3.06. The monoisotopic (exact) mass is 320 g/mol. The number of aromatic nitrogens is 2. The summed E-state index contributed by atoms with van der Waals surface area (Å²) in [5, 5.41) is 28.7. The number of aliphatic hydroxyl groups is 1. The maximum absolute atomic E-state index is 10.4. The highest BCUT2D eigenvalue weighted by Gasteiger charge is 2.31. The summed E-state index contributed by atoms with van der Waals surface area (Å²) in [7, 11) is 0. The van der Waals surface area contributed by atoms with Crippen molar-refractivity contribution in [2.75, 3.05) is 11.4 Å². The van der Waals surface area contributed by atoms with Gasteiger partial charge >= 0.3 is 0 Å². The number of phenolic OH excluding ortho intramolecular Hbond substituents is 1. The highest BCUT2D eigenvalue weighted by Crippen LogP contribution is 2.32. The van der Waals surface area contributed by atoms with Crippen molar-refractivity contribution in [2.45, 2.75) is 6.92 Å². The van der Waals surface area contributed by atoms with Crippen molar-refractivity contribution in [3.8, 4) is 5.75 Å². The minimum atomic E-state index is 0.0825. The van der Waals surface area contributed by atoms with Crippen LogP contribution in [-0.2, 0) is 0 Å². The highest BCUT2D eigenvalue weighted by molar-refractivity contribution is 6.30. The number of hydrogen-bond donors (Lipinski definition) is 4. The predicted molar refractivity (Wildman–Crippen MR) is 93.6 cm³/mol. The molecule has 0 amide bonds. The molecule has 0 fully saturated rings. The lowest BCUT2D eigenvalue weighted by molar-refractivity contribution is 0.411. The molecular weight excluding hydrogens is 304 g/mol. The third kappa shape index (κ3) is 2.11. The van der Waals surface area contributed by atoms with E-state index in [-0.39, 0.29) is 23.9 Å². The number of nitrogens with zero attached hydrogens (tertiary/aromatic N) is 2. The molecule has 6 nitrogen and oxygen atoms in total. The van der Waals surface area contributed by atoms with Crippen molar-refractivity contribution in [2.24, 2.45) is 0 Å². The molecule has 0 bridgehead atoms. The topological polar surface area (TPSA) is 96.2 Å². The zero-order valence-electron chi connectivity index (χ0n) is 13.0. The van der Waals surface area contributed by atoms with Crippen molar-refractivity contribution in [3.05, 3.63) is 59.6 Å². The van der Waals surface area contributed by atoms with Gasteiger partial charge in [0, 0.05) is 11.8 Å². The van der Waals surface area contributed by atoms with Crippen molar-refractivity contribution in [3.63, 3.8) is 0 Å². The third-order valence-electron chi connectivity index (χ3n) is 4.23. The number of fused-ring (bicyclic) bond motifs is 1. The molecule has 0 saturated heterocycles. The van der Waals surface area contributed by atoms with Crippen LogP contribution in [0.1, 0.15) is 11.4 Å². The summed E-state index contributed by atoms with van der Waals surface area (Å²) < 4.78 is 0. The van der Waals surface area contributed by atoms with E-state index in [0.717, 1.165) is 16.6 Å². The summed E-state index contributed by atoms with van der Waals surface area (Å²) in [5.74, 6) is 0.864. The van der Waals surface area contributed by atoms with Gasteiger partial charge in [-0.15, -0.1) is 0 Å². The molecule has 1 aliphatic rings. The number of nitrogens with one attached hydrogen (secondary N) is 2. The summed E-state index contributed by atoms with van der Waals surface area (Å²) in [6.07, 6.45) is 0. The summed E-state index contributed by atoms with van der Waals surface area (Å²) >= 11 is 0. The maximum Gasteiger partial charge on any atom is 0.145 e. The van der Waals surface area contributed by atoms with E-state index in [9.17, 15) is 10.2 Å². The van der Waals surface area contributed by atoms with Gasteiger partial charge in [-0.1, -0.05) is 18.2 Å². The van der Waals surface area contributed by atoms with Gasteiger partial charge in [-0.05, 0) is 30.7 Å². The predicted octanol–water partition coefficient (Wildman–Crippen LogP) is 3.34. The van der Waals surface area contributed by atoms with E-state index >= 15 is 0 Å². The van der Waals surface area contributed by atoms with E-state index in [1.165, 1.54) is 0 Å². The van der Waals surface area contributed by atoms with Crippen LogP contribution >= 0.6 is 0 Å². The fourth-order valence-electron chi connectivity index (χ4n) is 2.89. The highest BCUT2D eigenvalue weighted by atomic mass is 16.3. The number of amidine groups is 1. The smallest absolute Gasteiger partial charge is 0.145 e. The SMILES string of the molecule is Cc1ccc(N2CC(O)=C(c3nc4ccccc4[nH]3)C2=N)cc1O. The number of para-hydroxylation sites is 2. The van der Waals surface area contributed by atoms with Gasteiger partial charge < -0.3 is 20.1 Å². The Morgan fingerprint density at radius 2 is 1.96 bits per heavy atom. The number of aromatic amines is 1. The Morgan fingerprint density at radius 1 is 1.17 bits per heavy atom. The van der Waals surface area contributed by atoms with E-state index in [1.807, 2.05) is 37.3 Å². The number of benzene rings is 2. The first-order valence-corrected chi connectivity index (χ1v) is 7.58. The molecule has 2 heterocycles. The van der Waals surface area contributed by atoms with Gasteiger partial charge in [0.05, 0.1) is 23.2 Å². The molecule has 4 N–H and O–H groups in total. The molecule has 4 rings (SSSR count). The molecule has 6 heteroatoms. The van der Waals surface area contributed by atoms with E-state index < -0.39 is 0 Å². The number of hydrogen-bond acceptors (Lipinski definition) is 4. The minimum absolute atomic E-state index is 0.0825. The molecule has 1 aromatic heterocycles. The Morgan fingerprint density at radius 3 is 2.71 bits per heavy atom. The molecule has 0 spiro atoms. The fraction of sp³-hybridized carbons (Fsp3) is 0.111. The van der Waals surface area contributed by atoms with Crippen LogP contribution in [0.15, 0.2) is 48.2 Å². The number of aryl methyl sites for hydroxylation is 1. The molecule has 2 aromatic carbocycles. The first-order chi connectivity index (χ1) is 11.5. The number of anilines is 1. The number of H-pyrrole nitrogens is 1. The quantitative estimate of drug-likeness (QED) is 0.582. The zero-order valence-corrected chi connectivity index (χ0v) is 13.0. The third-order valence-corrected chi connectivity index (χ3v) is 4.23. The molecule has 3 aromatic rings. The van der Waals surface area contributed by atoms with Crippen molar-refractivity contribution < 1.29 is 10.2 Å². The maximum atomic E-state index is 10.4. The standard InChI is InChI=1S/C18H16N4O2/c1-10-6-7-11(8-14(10)23)22-9-15(24)16(17(22)19)18-20-12-4-2-3-5-13(12)21-18/h2-8,19,23-24H,9H2,1H3,(H,20,21). The molecule has 0 aliphatic carbocycles. The van der Waals surface area contributed by atoms with Crippen molar-refractivity contribution in [1.29, 1.82) is 5.41 Å². The van der Waals surface area contributed by atoms with E-state index in [1.54, 1.807) is 17.0 Å². The molecule has 1 aliphatic heterocycles. The van der Waals surface area contributed by atoms with E-state index in [0.29, 0.717) is 17.1 Å². The zero-order chi connectivity index (χ0) is 16.8. The van der Waals surface area contributed by atoms with Crippen molar-refractivity contribution >= 4 is 28.1 Å². The summed E-state index contributed by atoms with van der Waals surface area (Å²) in [5.41, 5.74) is 3.44. The van der Waals surface area contributed by atoms with E-state index in [2.05, 4.69) is 9.97 Å². The summed E-state index contributed by atoms with van der Waals surface area (Å²) in [4.78, 5) is 9.25. The van der Waals surface area contributed by atoms with Gasteiger partial charge in [0.25, 0.3) is 0 Å². The molecule has 120 valence electrons. The molecule has 0 radical (unpaired) electrons. The van der Waals surface area contributed by atoms with Crippen LogP contribution < -0.4 is 4.90 Å². The lowest BCUT2D eigenvalue weighted by Crippen LogP contribution is -2.26. The van der Waals surface area contributed by atoms with Gasteiger partial charge in [-0.3, -0.25) is 5.41 Å². The fourth-order valence-corrected chi connectivity index (χ4v) is 2.89. The van der Waals surface area contributed by atoms with Gasteiger partial charge in [0.15, 0.2) is 0 Å². The second-order valence-corrected chi connectivity index (χ2v) is 5.83. The largest absolute Gasteiger partial charge is 0.509 e. The summed E-state index contributed by atoms with van der Waals surface area (Å²) in [6.45, 7) is 1.98. The Hall–Kier alpha value is -3.28. The van der Waals surface area contributed by atoms with Crippen LogP contribution in [0.25, 0.3) is 16.6 Å². The molecule has 0 unspecified atom stereocenters. The lowest BCUT2D eigenvalue weighted by Gasteiger charge is -2.19. The number of phenols is 1. The number of imidazole rings is 1. The van der Waals surface area contributed by atoms with Crippen LogP contribution in [0, 0.1) is 12.3 Å². The van der Waals surface area contributed by atoms with E-state index in [4.69, 9.17) is 5.41 Å². The molecule has 24 heavy (non-hydrogen) atoms. The molecular formula is C18H16N4O2.